The van der Waals surface area contributed by atoms with E-state index in [0.717, 1.165) is 11.1 Å². The van der Waals surface area contributed by atoms with Gasteiger partial charge in [0.2, 0.25) is 0 Å². The van der Waals surface area contributed by atoms with Gasteiger partial charge in [-0.2, -0.15) is 0 Å². The molecule has 0 saturated carbocycles. The standard InChI is InChI=1S/C11H9NO3/c1-7-3-2-4-8(5-7)10-9(11(13)14)6-12-15-10/h2-6H,1H3,(H,13,14). The maximum atomic E-state index is 10.8. The fourth-order valence-corrected chi connectivity index (χ4v) is 1.39. The molecule has 0 unspecified atom stereocenters. The Hall–Kier alpha value is -2.10. The van der Waals surface area contributed by atoms with Gasteiger partial charge in [0, 0.05) is 5.56 Å². The Balaban J connectivity index is 2.54. The van der Waals surface area contributed by atoms with E-state index in [9.17, 15) is 4.79 Å². The fourth-order valence-electron chi connectivity index (χ4n) is 1.39. The summed E-state index contributed by atoms with van der Waals surface area (Å²) in [5.74, 6) is -0.737. The van der Waals surface area contributed by atoms with Crippen LogP contribution in [0.4, 0.5) is 0 Å². The van der Waals surface area contributed by atoms with E-state index >= 15 is 0 Å². The molecular weight excluding hydrogens is 194 g/mol. The van der Waals surface area contributed by atoms with Crippen molar-refractivity contribution >= 4 is 5.97 Å². The molecule has 0 atom stereocenters. The summed E-state index contributed by atoms with van der Waals surface area (Å²) in [4.78, 5) is 10.8. The van der Waals surface area contributed by atoms with Gasteiger partial charge >= 0.3 is 5.97 Å². The van der Waals surface area contributed by atoms with E-state index in [1.54, 1.807) is 6.07 Å². The van der Waals surface area contributed by atoms with E-state index in [-0.39, 0.29) is 5.56 Å². The number of rotatable bonds is 2. The molecule has 1 aromatic carbocycles. The Bertz CT molecular complexity index is 502. The van der Waals surface area contributed by atoms with E-state index in [2.05, 4.69) is 5.16 Å². The molecular formula is C11H9NO3. The van der Waals surface area contributed by atoms with Crippen LogP contribution in [-0.2, 0) is 0 Å². The highest BCUT2D eigenvalue weighted by Gasteiger charge is 2.16. The SMILES string of the molecule is Cc1cccc(-c2oncc2C(=O)O)c1. The molecule has 0 bridgehead atoms. The summed E-state index contributed by atoms with van der Waals surface area (Å²) in [6, 6.07) is 7.42. The van der Waals surface area contributed by atoms with Crippen molar-refractivity contribution in [3.63, 3.8) is 0 Å². The topological polar surface area (TPSA) is 63.3 Å². The molecule has 2 rings (SSSR count). The quantitative estimate of drug-likeness (QED) is 0.813. The van der Waals surface area contributed by atoms with Gasteiger partial charge in [0.1, 0.15) is 5.56 Å². The van der Waals surface area contributed by atoms with Crippen LogP contribution < -0.4 is 0 Å². The number of carboxylic acid groups (broad SMARTS) is 1. The number of carboxylic acids is 1. The number of aromatic carboxylic acids is 1. The lowest BCUT2D eigenvalue weighted by Gasteiger charge is -1.98. The Morgan fingerprint density at radius 2 is 2.27 bits per heavy atom. The minimum Gasteiger partial charge on any atom is -0.477 e. The third-order valence-electron chi connectivity index (χ3n) is 2.08. The summed E-state index contributed by atoms with van der Waals surface area (Å²) in [6.07, 6.45) is 1.21. The van der Waals surface area contributed by atoms with Gasteiger partial charge in [0.25, 0.3) is 0 Å². The van der Waals surface area contributed by atoms with Crippen LogP contribution in [0.2, 0.25) is 0 Å². The highest BCUT2D eigenvalue weighted by Crippen LogP contribution is 2.24. The van der Waals surface area contributed by atoms with E-state index in [4.69, 9.17) is 9.63 Å². The van der Waals surface area contributed by atoms with Crippen LogP contribution in [-0.4, -0.2) is 16.2 Å². The Morgan fingerprint density at radius 3 is 2.93 bits per heavy atom. The zero-order valence-electron chi connectivity index (χ0n) is 8.10. The van der Waals surface area contributed by atoms with E-state index in [0.29, 0.717) is 5.76 Å². The van der Waals surface area contributed by atoms with Gasteiger partial charge in [-0.25, -0.2) is 4.79 Å². The minimum absolute atomic E-state index is 0.0839. The first kappa shape index (κ1) is 9.45. The normalized spacial score (nSPS) is 10.2. The van der Waals surface area contributed by atoms with Gasteiger partial charge in [0.15, 0.2) is 5.76 Å². The minimum atomic E-state index is -1.03. The maximum absolute atomic E-state index is 10.8. The van der Waals surface area contributed by atoms with E-state index in [1.807, 2.05) is 25.1 Å². The highest BCUT2D eigenvalue weighted by molar-refractivity contribution is 5.93. The summed E-state index contributed by atoms with van der Waals surface area (Å²) in [5, 5.41) is 12.4. The summed E-state index contributed by atoms with van der Waals surface area (Å²) < 4.78 is 4.94. The third kappa shape index (κ3) is 1.74. The third-order valence-corrected chi connectivity index (χ3v) is 2.08. The lowest BCUT2D eigenvalue weighted by atomic mass is 10.1. The van der Waals surface area contributed by atoms with Crippen LogP contribution in [0.3, 0.4) is 0 Å². The van der Waals surface area contributed by atoms with Crippen molar-refractivity contribution in [1.82, 2.24) is 5.16 Å². The molecule has 2 aromatic rings. The molecule has 0 amide bonds. The maximum Gasteiger partial charge on any atom is 0.341 e. The molecule has 0 aliphatic heterocycles. The van der Waals surface area contributed by atoms with Crippen molar-refractivity contribution < 1.29 is 14.4 Å². The number of nitrogens with zero attached hydrogens (tertiary/aromatic N) is 1. The van der Waals surface area contributed by atoms with Crippen molar-refractivity contribution in [2.24, 2.45) is 0 Å². The predicted molar refractivity (Wildman–Crippen MR) is 53.6 cm³/mol. The zero-order chi connectivity index (χ0) is 10.8. The molecule has 0 spiro atoms. The first-order valence-corrected chi connectivity index (χ1v) is 4.43. The first-order valence-electron chi connectivity index (χ1n) is 4.43. The molecule has 4 heteroatoms. The van der Waals surface area contributed by atoms with Crippen molar-refractivity contribution in [1.29, 1.82) is 0 Å². The highest BCUT2D eigenvalue weighted by atomic mass is 16.5. The Labute approximate surface area is 86.1 Å². The number of aromatic nitrogens is 1. The molecule has 15 heavy (non-hydrogen) atoms. The van der Waals surface area contributed by atoms with Crippen LogP contribution in [0.15, 0.2) is 35.0 Å². The smallest absolute Gasteiger partial charge is 0.341 e. The lowest BCUT2D eigenvalue weighted by molar-refractivity contribution is 0.0697. The predicted octanol–water partition coefficient (Wildman–Crippen LogP) is 2.35. The van der Waals surface area contributed by atoms with Crippen molar-refractivity contribution in [2.45, 2.75) is 6.92 Å². The average molecular weight is 203 g/mol. The van der Waals surface area contributed by atoms with E-state index in [1.165, 1.54) is 6.20 Å². The second-order valence-electron chi connectivity index (χ2n) is 3.24. The van der Waals surface area contributed by atoms with Crippen LogP contribution in [0.1, 0.15) is 15.9 Å². The molecule has 0 aliphatic rings. The molecule has 0 saturated heterocycles. The molecule has 76 valence electrons. The second-order valence-corrected chi connectivity index (χ2v) is 3.24. The monoisotopic (exact) mass is 203 g/mol. The van der Waals surface area contributed by atoms with Gasteiger partial charge < -0.3 is 9.63 Å². The van der Waals surface area contributed by atoms with Crippen molar-refractivity contribution in [2.75, 3.05) is 0 Å². The molecule has 4 nitrogen and oxygen atoms in total. The van der Waals surface area contributed by atoms with Gasteiger partial charge in [-0.3, -0.25) is 0 Å². The first-order chi connectivity index (χ1) is 7.18. The van der Waals surface area contributed by atoms with Crippen LogP contribution in [0.5, 0.6) is 0 Å². The molecule has 0 radical (unpaired) electrons. The summed E-state index contributed by atoms with van der Waals surface area (Å²) in [6.45, 7) is 1.93. The van der Waals surface area contributed by atoms with Gasteiger partial charge in [-0.1, -0.05) is 28.9 Å². The summed E-state index contributed by atoms with van der Waals surface area (Å²) >= 11 is 0. The van der Waals surface area contributed by atoms with Gasteiger partial charge in [0.05, 0.1) is 6.20 Å². The van der Waals surface area contributed by atoms with Gasteiger partial charge in [-0.15, -0.1) is 0 Å². The fraction of sp³-hybridized carbons (Fsp3) is 0.0909. The number of carbonyl (C=O) groups is 1. The Morgan fingerprint density at radius 1 is 1.47 bits per heavy atom. The molecule has 0 fully saturated rings. The van der Waals surface area contributed by atoms with Crippen LogP contribution in [0.25, 0.3) is 11.3 Å². The number of hydrogen-bond donors (Lipinski definition) is 1. The van der Waals surface area contributed by atoms with E-state index < -0.39 is 5.97 Å². The lowest BCUT2D eigenvalue weighted by Crippen LogP contribution is -1.95. The van der Waals surface area contributed by atoms with Crippen LogP contribution >= 0.6 is 0 Å². The van der Waals surface area contributed by atoms with Crippen molar-refractivity contribution in [3.05, 3.63) is 41.6 Å². The average Bonchev–Trinajstić information content (AvgIpc) is 2.65. The number of benzene rings is 1. The number of aryl methyl sites for hydroxylation is 1. The molecule has 1 heterocycles. The number of hydrogen-bond acceptors (Lipinski definition) is 3. The molecule has 1 aromatic heterocycles. The largest absolute Gasteiger partial charge is 0.477 e. The van der Waals surface area contributed by atoms with Gasteiger partial charge in [-0.05, 0) is 13.0 Å². The second kappa shape index (κ2) is 3.57. The summed E-state index contributed by atoms with van der Waals surface area (Å²) in [5.41, 5.74) is 1.85. The molecule has 0 aliphatic carbocycles. The Kier molecular flexibility index (Phi) is 2.25. The molecule has 1 N–H and O–H groups in total. The zero-order valence-corrected chi connectivity index (χ0v) is 8.10. The van der Waals surface area contributed by atoms with Crippen LogP contribution in [0, 0.1) is 6.92 Å². The van der Waals surface area contributed by atoms with Crippen molar-refractivity contribution in [3.8, 4) is 11.3 Å². The summed E-state index contributed by atoms with van der Waals surface area (Å²) in [7, 11) is 0.